The van der Waals surface area contributed by atoms with Crippen molar-refractivity contribution < 1.29 is 9.53 Å². The van der Waals surface area contributed by atoms with Crippen LogP contribution in [-0.4, -0.2) is 40.1 Å². The summed E-state index contributed by atoms with van der Waals surface area (Å²) < 4.78 is 8.13. The first kappa shape index (κ1) is 16.8. The summed E-state index contributed by atoms with van der Waals surface area (Å²) >= 11 is 0. The molecule has 5 nitrogen and oxygen atoms in total. The summed E-state index contributed by atoms with van der Waals surface area (Å²) in [7, 11) is 0. The Morgan fingerprint density at radius 1 is 1.20 bits per heavy atom. The summed E-state index contributed by atoms with van der Waals surface area (Å²) in [6.07, 6.45) is 14.0. The summed E-state index contributed by atoms with van der Waals surface area (Å²) in [6, 6.07) is 0. The Balaban J connectivity index is 1.40. The van der Waals surface area contributed by atoms with Gasteiger partial charge in [0.2, 0.25) is 5.91 Å². The largest absolute Gasteiger partial charge is 0.381 e. The van der Waals surface area contributed by atoms with Gasteiger partial charge in [-0.2, -0.15) is 0 Å². The van der Waals surface area contributed by atoms with Crippen molar-refractivity contribution in [2.24, 2.45) is 11.8 Å². The Kier molecular flexibility index (Phi) is 5.20. The average molecular weight is 343 g/mol. The number of allylic oxidation sites excluding steroid dienone is 1. The summed E-state index contributed by atoms with van der Waals surface area (Å²) in [5.41, 5.74) is 2.46. The van der Waals surface area contributed by atoms with Gasteiger partial charge in [0.15, 0.2) is 0 Å². The van der Waals surface area contributed by atoms with Crippen LogP contribution in [0.5, 0.6) is 0 Å². The molecule has 1 saturated carbocycles. The first-order valence-corrected chi connectivity index (χ1v) is 9.80. The minimum atomic E-state index is 0.259. The molecule has 0 saturated heterocycles. The SMILES string of the molecule is O=C(CC1=CCCCC1)N1Cc2cncn2C[C@@H](COCC2CC2)C1. The predicted molar refractivity (Wildman–Crippen MR) is 95.8 cm³/mol. The molecule has 0 bridgehead atoms. The van der Waals surface area contributed by atoms with E-state index in [1.165, 1.54) is 31.3 Å². The van der Waals surface area contributed by atoms with Gasteiger partial charge in [0.25, 0.3) is 0 Å². The lowest BCUT2D eigenvalue weighted by molar-refractivity contribution is -0.132. The quantitative estimate of drug-likeness (QED) is 0.746. The van der Waals surface area contributed by atoms with Gasteiger partial charge >= 0.3 is 0 Å². The lowest BCUT2D eigenvalue weighted by Crippen LogP contribution is -2.35. The molecule has 1 aromatic rings. The van der Waals surface area contributed by atoms with Crippen LogP contribution in [0.25, 0.3) is 0 Å². The fourth-order valence-corrected chi connectivity index (χ4v) is 3.90. The number of aromatic nitrogens is 2. The number of rotatable bonds is 6. The van der Waals surface area contributed by atoms with Gasteiger partial charge in [0.1, 0.15) is 0 Å². The molecule has 2 heterocycles. The minimum absolute atomic E-state index is 0.259. The summed E-state index contributed by atoms with van der Waals surface area (Å²) in [5, 5.41) is 0. The Morgan fingerprint density at radius 3 is 2.88 bits per heavy atom. The second kappa shape index (κ2) is 7.73. The minimum Gasteiger partial charge on any atom is -0.381 e. The van der Waals surface area contributed by atoms with Crippen LogP contribution in [0.1, 0.15) is 50.6 Å². The van der Waals surface area contributed by atoms with Crippen LogP contribution in [0.2, 0.25) is 0 Å². The van der Waals surface area contributed by atoms with Crippen molar-refractivity contribution in [3.8, 4) is 0 Å². The molecule has 2 aliphatic carbocycles. The van der Waals surface area contributed by atoms with Crippen LogP contribution in [-0.2, 0) is 22.6 Å². The molecule has 0 N–H and O–H groups in total. The third-order valence-electron chi connectivity index (χ3n) is 5.60. The zero-order valence-electron chi connectivity index (χ0n) is 15.0. The van der Waals surface area contributed by atoms with E-state index in [1.807, 2.05) is 17.4 Å². The van der Waals surface area contributed by atoms with Crippen LogP contribution < -0.4 is 0 Å². The topological polar surface area (TPSA) is 47.4 Å². The van der Waals surface area contributed by atoms with Crippen molar-refractivity contribution in [2.75, 3.05) is 19.8 Å². The second-order valence-electron chi connectivity index (χ2n) is 7.94. The van der Waals surface area contributed by atoms with Gasteiger partial charge in [-0.15, -0.1) is 0 Å². The van der Waals surface area contributed by atoms with Crippen LogP contribution in [0.4, 0.5) is 0 Å². The van der Waals surface area contributed by atoms with Gasteiger partial charge in [-0.25, -0.2) is 4.98 Å². The van der Waals surface area contributed by atoms with Gasteiger partial charge in [0.05, 0.1) is 25.2 Å². The van der Waals surface area contributed by atoms with E-state index in [0.29, 0.717) is 18.9 Å². The normalized spacial score (nSPS) is 23.8. The molecule has 25 heavy (non-hydrogen) atoms. The molecule has 3 aliphatic rings. The first-order chi connectivity index (χ1) is 12.3. The van der Waals surface area contributed by atoms with Gasteiger partial charge in [0, 0.05) is 38.2 Å². The van der Waals surface area contributed by atoms with E-state index in [1.54, 1.807) is 0 Å². The van der Waals surface area contributed by atoms with E-state index in [4.69, 9.17) is 4.74 Å². The molecule has 1 aromatic heterocycles. The van der Waals surface area contributed by atoms with Gasteiger partial charge in [-0.1, -0.05) is 11.6 Å². The van der Waals surface area contributed by atoms with Gasteiger partial charge in [-0.05, 0) is 44.4 Å². The van der Waals surface area contributed by atoms with E-state index in [-0.39, 0.29) is 5.91 Å². The highest BCUT2D eigenvalue weighted by Gasteiger charge is 2.27. The number of carbonyl (C=O) groups excluding carboxylic acids is 1. The van der Waals surface area contributed by atoms with Crippen LogP contribution in [0.3, 0.4) is 0 Å². The molecule has 136 valence electrons. The highest BCUT2D eigenvalue weighted by Crippen LogP contribution is 2.29. The predicted octanol–water partition coefficient (Wildman–Crippen LogP) is 3.16. The number of fused-ring (bicyclic) bond motifs is 1. The highest BCUT2D eigenvalue weighted by molar-refractivity contribution is 5.78. The van der Waals surface area contributed by atoms with Gasteiger partial charge in [-0.3, -0.25) is 4.79 Å². The zero-order valence-corrected chi connectivity index (χ0v) is 15.0. The van der Waals surface area contributed by atoms with Crippen molar-refractivity contribution >= 4 is 5.91 Å². The number of hydrogen-bond acceptors (Lipinski definition) is 3. The summed E-state index contributed by atoms with van der Waals surface area (Å²) in [6.45, 7) is 3.98. The van der Waals surface area contributed by atoms with Crippen molar-refractivity contribution in [3.05, 3.63) is 29.9 Å². The monoisotopic (exact) mass is 343 g/mol. The number of ether oxygens (including phenoxy) is 1. The zero-order chi connectivity index (χ0) is 17.1. The number of hydrogen-bond donors (Lipinski definition) is 0. The Bertz CT molecular complexity index is 633. The molecule has 0 spiro atoms. The van der Waals surface area contributed by atoms with E-state index in [0.717, 1.165) is 50.8 Å². The molecule has 1 atom stereocenters. The van der Waals surface area contributed by atoms with E-state index >= 15 is 0 Å². The Labute approximate surface area is 150 Å². The van der Waals surface area contributed by atoms with Crippen LogP contribution >= 0.6 is 0 Å². The standard InChI is InChI=1S/C20H29N3O2/c24-20(8-16-4-2-1-3-5-16)22-10-18(14-25-13-17-6-7-17)11-23-15-21-9-19(23)12-22/h4,9,15,17-18H,1-3,5-8,10-14H2/t18-/m0/s1. The molecular weight excluding hydrogens is 314 g/mol. The Hall–Kier alpha value is -1.62. The summed E-state index contributed by atoms with van der Waals surface area (Å²) in [5.74, 6) is 1.39. The number of imidazole rings is 1. The highest BCUT2D eigenvalue weighted by atomic mass is 16.5. The smallest absolute Gasteiger partial charge is 0.227 e. The Morgan fingerprint density at radius 2 is 2.08 bits per heavy atom. The molecule has 1 aliphatic heterocycles. The van der Waals surface area contributed by atoms with Crippen molar-refractivity contribution in [2.45, 2.75) is 58.0 Å². The number of carbonyl (C=O) groups is 1. The van der Waals surface area contributed by atoms with Crippen molar-refractivity contribution in [1.29, 1.82) is 0 Å². The van der Waals surface area contributed by atoms with E-state index in [9.17, 15) is 4.79 Å². The molecule has 0 radical (unpaired) electrons. The first-order valence-electron chi connectivity index (χ1n) is 9.80. The molecule has 0 unspecified atom stereocenters. The third kappa shape index (κ3) is 4.51. The van der Waals surface area contributed by atoms with Crippen molar-refractivity contribution in [3.63, 3.8) is 0 Å². The fraction of sp³-hybridized carbons (Fsp3) is 0.700. The van der Waals surface area contributed by atoms with E-state index in [2.05, 4.69) is 15.6 Å². The maximum Gasteiger partial charge on any atom is 0.227 e. The second-order valence-corrected chi connectivity index (χ2v) is 7.94. The lowest BCUT2D eigenvalue weighted by atomic mass is 9.96. The van der Waals surface area contributed by atoms with E-state index < -0.39 is 0 Å². The molecule has 4 rings (SSSR count). The number of amides is 1. The summed E-state index contributed by atoms with van der Waals surface area (Å²) in [4.78, 5) is 19.2. The molecular formula is C20H29N3O2. The fourth-order valence-electron chi connectivity index (χ4n) is 3.90. The third-order valence-corrected chi connectivity index (χ3v) is 5.60. The lowest BCUT2D eigenvalue weighted by Gasteiger charge is -2.25. The molecule has 0 aromatic carbocycles. The van der Waals surface area contributed by atoms with Crippen LogP contribution in [0.15, 0.2) is 24.2 Å². The maximum absolute atomic E-state index is 12.9. The molecule has 1 amide bonds. The van der Waals surface area contributed by atoms with Crippen LogP contribution in [0, 0.1) is 11.8 Å². The number of nitrogens with zero attached hydrogens (tertiary/aromatic N) is 3. The molecule has 1 fully saturated rings. The average Bonchev–Trinajstić information content (AvgIpc) is 3.38. The van der Waals surface area contributed by atoms with Gasteiger partial charge < -0.3 is 14.2 Å². The maximum atomic E-state index is 12.9. The van der Waals surface area contributed by atoms with Crippen molar-refractivity contribution in [1.82, 2.24) is 14.5 Å². The molecule has 5 heteroatoms.